The maximum Gasteiger partial charge on any atom is 0.241 e. The molecular formula is C17H20N2OS2. The van der Waals surface area contributed by atoms with Gasteiger partial charge in [0.05, 0.1) is 6.04 Å². The third-order valence-corrected chi connectivity index (χ3v) is 4.91. The van der Waals surface area contributed by atoms with Gasteiger partial charge in [0.2, 0.25) is 5.91 Å². The van der Waals surface area contributed by atoms with Crippen LogP contribution in [0.3, 0.4) is 0 Å². The van der Waals surface area contributed by atoms with Crippen molar-refractivity contribution in [3.63, 3.8) is 0 Å². The SMILES string of the molecule is CCC(N)C(=O)Nc1cccc(Sc2ccc(SC)cc2)c1. The summed E-state index contributed by atoms with van der Waals surface area (Å²) in [6.07, 6.45) is 2.69. The zero-order chi connectivity index (χ0) is 15.9. The van der Waals surface area contributed by atoms with Crippen LogP contribution in [0, 0.1) is 0 Å². The number of anilines is 1. The number of nitrogens with two attached hydrogens (primary N) is 1. The molecule has 0 aliphatic rings. The van der Waals surface area contributed by atoms with Crippen LogP contribution in [-0.2, 0) is 4.79 Å². The molecule has 2 aromatic rings. The molecule has 5 heteroatoms. The van der Waals surface area contributed by atoms with E-state index in [9.17, 15) is 4.79 Å². The molecule has 3 N–H and O–H groups in total. The third-order valence-electron chi connectivity index (χ3n) is 3.17. The first-order valence-electron chi connectivity index (χ1n) is 7.10. The monoisotopic (exact) mass is 332 g/mol. The first-order valence-corrected chi connectivity index (χ1v) is 9.15. The Morgan fingerprint density at radius 2 is 1.82 bits per heavy atom. The molecule has 0 saturated carbocycles. The van der Waals surface area contributed by atoms with Crippen LogP contribution >= 0.6 is 23.5 Å². The van der Waals surface area contributed by atoms with Gasteiger partial charge in [0.15, 0.2) is 0 Å². The summed E-state index contributed by atoms with van der Waals surface area (Å²) in [5.74, 6) is -0.144. The molecule has 116 valence electrons. The largest absolute Gasteiger partial charge is 0.325 e. The van der Waals surface area contributed by atoms with E-state index >= 15 is 0 Å². The third kappa shape index (κ3) is 4.80. The fraction of sp³-hybridized carbons (Fsp3) is 0.235. The Morgan fingerprint density at radius 3 is 2.45 bits per heavy atom. The average Bonchev–Trinajstić information content (AvgIpc) is 2.55. The van der Waals surface area contributed by atoms with Crippen molar-refractivity contribution in [3.05, 3.63) is 48.5 Å². The van der Waals surface area contributed by atoms with Crippen LogP contribution in [0.2, 0.25) is 0 Å². The number of thioether (sulfide) groups is 1. The van der Waals surface area contributed by atoms with Crippen molar-refractivity contribution < 1.29 is 4.79 Å². The second-order valence-corrected chi connectivity index (χ2v) is 6.84. The first kappa shape index (κ1) is 16.9. The molecule has 0 bridgehead atoms. The molecule has 0 fully saturated rings. The summed E-state index contributed by atoms with van der Waals surface area (Å²) < 4.78 is 0. The van der Waals surface area contributed by atoms with Gasteiger partial charge in [0, 0.05) is 20.4 Å². The number of carbonyl (C=O) groups is 1. The molecule has 2 aromatic carbocycles. The van der Waals surface area contributed by atoms with Gasteiger partial charge in [-0.15, -0.1) is 11.8 Å². The standard InChI is InChI=1S/C17H20N2OS2/c1-3-16(18)17(20)19-12-5-4-6-15(11-12)22-14-9-7-13(21-2)8-10-14/h4-11,16H,3,18H2,1-2H3,(H,19,20). The maximum atomic E-state index is 11.8. The van der Waals surface area contributed by atoms with Crippen LogP contribution in [0.25, 0.3) is 0 Å². The Labute approximate surface area is 140 Å². The summed E-state index contributed by atoms with van der Waals surface area (Å²) in [5.41, 5.74) is 6.51. The van der Waals surface area contributed by atoms with Gasteiger partial charge in [-0.25, -0.2) is 0 Å². The lowest BCUT2D eigenvalue weighted by molar-refractivity contribution is -0.117. The summed E-state index contributed by atoms with van der Waals surface area (Å²) in [4.78, 5) is 15.3. The normalized spacial score (nSPS) is 12.0. The summed E-state index contributed by atoms with van der Waals surface area (Å²) in [6, 6.07) is 15.8. The Bertz CT molecular complexity index is 629. The molecule has 22 heavy (non-hydrogen) atoms. The van der Waals surface area contributed by atoms with Gasteiger partial charge in [-0.05, 0) is 55.1 Å². The number of carbonyl (C=O) groups excluding carboxylic acids is 1. The molecule has 0 aromatic heterocycles. The minimum absolute atomic E-state index is 0.144. The highest BCUT2D eigenvalue weighted by Crippen LogP contribution is 2.30. The van der Waals surface area contributed by atoms with Crippen LogP contribution in [0.1, 0.15) is 13.3 Å². The fourth-order valence-electron chi connectivity index (χ4n) is 1.84. The van der Waals surface area contributed by atoms with Gasteiger partial charge >= 0.3 is 0 Å². The number of benzene rings is 2. The van der Waals surface area contributed by atoms with Crippen LogP contribution in [-0.4, -0.2) is 18.2 Å². The second kappa shape index (κ2) is 8.27. The number of rotatable bonds is 6. The molecule has 0 saturated heterocycles. The Balaban J connectivity index is 2.05. The van der Waals surface area contributed by atoms with Crippen LogP contribution in [0.4, 0.5) is 5.69 Å². The molecule has 2 rings (SSSR count). The van der Waals surface area contributed by atoms with Gasteiger partial charge in [0.1, 0.15) is 0 Å². The molecule has 1 amide bonds. The zero-order valence-electron chi connectivity index (χ0n) is 12.7. The number of hydrogen-bond acceptors (Lipinski definition) is 4. The average molecular weight is 332 g/mol. The number of amides is 1. The van der Waals surface area contributed by atoms with E-state index < -0.39 is 6.04 Å². The van der Waals surface area contributed by atoms with E-state index in [0.29, 0.717) is 6.42 Å². The van der Waals surface area contributed by atoms with Crippen molar-refractivity contribution in [1.82, 2.24) is 0 Å². The maximum absolute atomic E-state index is 11.8. The Hall–Kier alpha value is -1.43. The van der Waals surface area contributed by atoms with Crippen LogP contribution < -0.4 is 11.1 Å². The van der Waals surface area contributed by atoms with E-state index in [1.807, 2.05) is 31.2 Å². The van der Waals surface area contributed by atoms with Crippen LogP contribution in [0.15, 0.2) is 63.2 Å². The van der Waals surface area contributed by atoms with Gasteiger partial charge < -0.3 is 11.1 Å². The van der Waals surface area contributed by atoms with Crippen LogP contribution in [0.5, 0.6) is 0 Å². The topological polar surface area (TPSA) is 55.1 Å². The van der Waals surface area contributed by atoms with Gasteiger partial charge in [-0.3, -0.25) is 4.79 Å². The highest BCUT2D eigenvalue weighted by molar-refractivity contribution is 7.99. The van der Waals surface area contributed by atoms with Crippen molar-refractivity contribution in [1.29, 1.82) is 0 Å². The minimum atomic E-state index is -0.463. The quantitative estimate of drug-likeness (QED) is 0.777. The van der Waals surface area contributed by atoms with Gasteiger partial charge in [-0.1, -0.05) is 24.8 Å². The van der Waals surface area contributed by atoms with E-state index in [0.717, 1.165) is 10.6 Å². The predicted molar refractivity (Wildman–Crippen MR) is 95.7 cm³/mol. The van der Waals surface area contributed by atoms with Crippen molar-refractivity contribution in [2.24, 2.45) is 5.73 Å². The van der Waals surface area contributed by atoms with Crippen molar-refractivity contribution in [2.45, 2.75) is 34.1 Å². The summed E-state index contributed by atoms with van der Waals surface area (Å²) in [6.45, 7) is 1.90. The highest BCUT2D eigenvalue weighted by atomic mass is 32.2. The zero-order valence-corrected chi connectivity index (χ0v) is 14.3. The van der Waals surface area contributed by atoms with Crippen molar-refractivity contribution >= 4 is 35.1 Å². The molecule has 0 spiro atoms. The van der Waals surface area contributed by atoms with E-state index in [1.165, 1.54) is 9.79 Å². The molecule has 0 aliphatic heterocycles. The van der Waals surface area contributed by atoms with Crippen molar-refractivity contribution in [2.75, 3.05) is 11.6 Å². The van der Waals surface area contributed by atoms with E-state index in [-0.39, 0.29) is 5.91 Å². The fourth-order valence-corrected chi connectivity index (χ4v) is 3.12. The van der Waals surface area contributed by atoms with E-state index in [1.54, 1.807) is 23.5 Å². The minimum Gasteiger partial charge on any atom is -0.325 e. The Morgan fingerprint density at radius 1 is 1.14 bits per heavy atom. The van der Waals surface area contributed by atoms with Crippen molar-refractivity contribution in [3.8, 4) is 0 Å². The molecule has 0 radical (unpaired) electrons. The van der Waals surface area contributed by atoms with E-state index in [2.05, 4.69) is 35.8 Å². The molecule has 0 aliphatic carbocycles. The second-order valence-electron chi connectivity index (χ2n) is 4.81. The van der Waals surface area contributed by atoms with Gasteiger partial charge in [-0.2, -0.15) is 0 Å². The lowest BCUT2D eigenvalue weighted by Crippen LogP contribution is -2.34. The number of nitrogens with one attached hydrogen (secondary N) is 1. The predicted octanol–water partition coefficient (Wildman–Crippen LogP) is 4.24. The lowest BCUT2D eigenvalue weighted by Gasteiger charge is -2.11. The Kier molecular flexibility index (Phi) is 6.36. The lowest BCUT2D eigenvalue weighted by atomic mass is 10.2. The summed E-state index contributed by atoms with van der Waals surface area (Å²) in [7, 11) is 0. The molecular weight excluding hydrogens is 312 g/mol. The molecule has 1 unspecified atom stereocenters. The molecule has 3 nitrogen and oxygen atoms in total. The summed E-state index contributed by atoms with van der Waals surface area (Å²) >= 11 is 3.40. The van der Waals surface area contributed by atoms with Gasteiger partial charge in [0.25, 0.3) is 0 Å². The number of hydrogen-bond donors (Lipinski definition) is 2. The smallest absolute Gasteiger partial charge is 0.241 e. The summed E-state index contributed by atoms with van der Waals surface area (Å²) in [5, 5.41) is 2.86. The molecule has 1 atom stereocenters. The first-order chi connectivity index (χ1) is 10.6. The molecule has 0 heterocycles. The van der Waals surface area contributed by atoms with E-state index in [4.69, 9.17) is 5.73 Å². The highest BCUT2D eigenvalue weighted by Gasteiger charge is 2.11.